The van der Waals surface area contributed by atoms with Crippen molar-refractivity contribution in [3.63, 3.8) is 0 Å². The highest BCUT2D eigenvalue weighted by Gasteiger charge is 2.41. The summed E-state index contributed by atoms with van der Waals surface area (Å²) in [6, 6.07) is 16.3. The lowest BCUT2D eigenvalue weighted by molar-refractivity contribution is 0.242. The predicted molar refractivity (Wildman–Crippen MR) is 120 cm³/mol. The van der Waals surface area contributed by atoms with Gasteiger partial charge in [0, 0.05) is 23.3 Å². The number of hydrogen-bond acceptors (Lipinski definition) is 3. The van der Waals surface area contributed by atoms with Crippen LogP contribution in [0.4, 0.5) is 5.69 Å². The van der Waals surface area contributed by atoms with Crippen LogP contribution in [-0.2, 0) is 0 Å². The zero-order chi connectivity index (χ0) is 20.5. The van der Waals surface area contributed by atoms with Crippen LogP contribution in [0.2, 0.25) is 0 Å². The molecule has 2 aromatic heterocycles. The summed E-state index contributed by atoms with van der Waals surface area (Å²) in [4.78, 5) is 10.2. The van der Waals surface area contributed by atoms with Gasteiger partial charge in [0.05, 0.1) is 23.9 Å². The number of H-pyrrole nitrogens is 1. The summed E-state index contributed by atoms with van der Waals surface area (Å²) in [5, 5.41) is 4.20. The maximum atomic E-state index is 5.80. The summed E-state index contributed by atoms with van der Waals surface area (Å²) in [7, 11) is 0. The molecule has 1 saturated heterocycles. The molecule has 4 rings (SSSR count). The smallest absolute Gasteiger partial charge is 0.174 e. The number of pyridine rings is 1. The van der Waals surface area contributed by atoms with E-state index in [4.69, 9.17) is 17.0 Å². The number of nitrogens with one attached hydrogen (secondary N) is 2. The SMILES string of the molecule is Cc1cc([C@H]2[C@@H](c3ccccn3)NC(=S)N2c2ccc(OC(C)C)cc2)c(C)[nH]1. The molecule has 2 N–H and O–H groups in total. The molecule has 29 heavy (non-hydrogen) atoms. The number of thiocarbonyl (C=S) groups is 1. The standard InChI is InChI=1S/C23H26N4OS/c1-14(2)28-18-10-8-17(9-11-18)27-22(19-13-15(3)25-16(19)4)21(26-23(27)29)20-7-5-6-12-24-20/h5-14,21-22,25H,1-4H3,(H,26,29)/t21-,22+/m1/s1. The Labute approximate surface area is 177 Å². The summed E-state index contributed by atoms with van der Waals surface area (Å²) >= 11 is 5.78. The zero-order valence-corrected chi connectivity index (χ0v) is 18.0. The fourth-order valence-electron chi connectivity index (χ4n) is 3.96. The van der Waals surface area contributed by atoms with Crippen LogP contribution in [0.5, 0.6) is 5.75 Å². The zero-order valence-electron chi connectivity index (χ0n) is 17.1. The molecule has 3 heterocycles. The lowest BCUT2D eigenvalue weighted by Gasteiger charge is -2.28. The molecule has 1 aliphatic rings. The number of benzene rings is 1. The number of aromatic nitrogens is 2. The molecule has 0 bridgehead atoms. The minimum absolute atomic E-state index is 0.000725. The van der Waals surface area contributed by atoms with E-state index in [-0.39, 0.29) is 18.2 Å². The van der Waals surface area contributed by atoms with Crippen LogP contribution in [-0.4, -0.2) is 21.2 Å². The van der Waals surface area contributed by atoms with Crippen LogP contribution >= 0.6 is 12.2 Å². The molecule has 1 fully saturated rings. The molecule has 3 aromatic rings. The molecule has 0 amide bonds. The number of ether oxygens (including phenoxy) is 1. The third-order valence-electron chi connectivity index (χ3n) is 5.09. The lowest BCUT2D eigenvalue weighted by Crippen LogP contribution is -2.29. The van der Waals surface area contributed by atoms with Crippen LogP contribution in [0.25, 0.3) is 0 Å². The number of aryl methyl sites for hydroxylation is 2. The highest BCUT2D eigenvalue weighted by molar-refractivity contribution is 7.80. The van der Waals surface area contributed by atoms with E-state index in [0.717, 1.165) is 28.5 Å². The summed E-state index contributed by atoms with van der Waals surface area (Å²) in [5.41, 5.74) is 5.49. The van der Waals surface area contributed by atoms with E-state index in [1.54, 1.807) is 0 Å². The van der Waals surface area contributed by atoms with Gasteiger partial charge in [0.1, 0.15) is 5.75 Å². The summed E-state index contributed by atoms with van der Waals surface area (Å²) in [5.74, 6) is 0.855. The molecule has 1 aliphatic heterocycles. The van der Waals surface area contributed by atoms with Crippen LogP contribution in [0, 0.1) is 13.8 Å². The highest BCUT2D eigenvalue weighted by Crippen LogP contribution is 2.42. The van der Waals surface area contributed by atoms with Gasteiger partial charge in [-0.2, -0.15) is 0 Å². The molecular formula is C23H26N4OS. The Morgan fingerprint density at radius 1 is 1.10 bits per heavy atom. The normalized spacial score (nSPS) is 18.9. The third kappa shape index (κ3) is 3.85. The van der Waals surface area contributed by atoms with Gasteiger partial charge < -0.3 is 19.9 Å². The van der Waals surface area contributed by atoms with Crippen LogP contribution < -0.4 is 15.0 Å². The van der Waals surface area contributed by atoms with Crippen molar-refractivity contribution in [2.45, 2.75) is 45.9 Å². The van der Waals surface area contributed by atoms with E-state index in [2.05, 4.69) is 52.2 Å². The average molecular weight is 407 g/mol. The average Bonchev–Trinajstić information content (AvgIpc) is 3.21. The Balaban J connectivity index is 1.77. The number of hydrogen-bond donors (Lipinski definition) is 2. The van der Waals surface area contributed by atoms with E-state index in [1.165, 1.54) is 5.56 Å². The van der Waals surface area contributed by atoms with E-state index in [9.17, 15) is 0 Å². The molecule has 6 heteroatoms. The van der Waals surface area contributed by atoms with Gasteiger partial charge in [-0.3, -0.25) is 4.98 Å². The van der Waals surface area contributed by atoms with E-state index in [1.807, 2.05) is 50.4 Å². The first-order valence-corrected chi connectivity index (χ1v) is 10.3. The van der Waals surface area contributed by atoms with Crippen LogP contribution in [0.1, 0.15) is 48.6 Å². The highest BCUT2D eigenvalue weighted by atomic mass is 32.1. The fourth-order valence-corrected chi connectivity index (χ4v) is 4.31. The molecule has 150 valence electrons. The molecule has 0 unspecified atom stereocenters. The molecular weight excluding hydrogens is 380 g/mol. The summed E-state index contributed by atoms with van der Waals surface area (Å²) < 4.78 is 5.80. The van der Waals surface area contributed by atoms with Crippen LogP contribution in [0.3, 0.4) is 0 Å². The Morgan fingerprint density at radius 3 is 2.45 bits per heavy atom. The number of nitrogens with zero attached hydrogens (tertiary/aromatic N) is 2. The van der Waals surface area contributed by atoms with Gasteiger partial charge in [-0.15, -0.1) is 0 Å². The molecule has 0 spiro atoms. The second-order valence-electron chi connectivity index (χ2n) is 7.69. The molecule has 0 aliphatic carbocycles. The number of anilines is 1. The second kappa shape index (κ2) is 7.87. The predicted octanol–water partition coefficient (Wildman–Crippen LogP) is 4.99. The van der Waals surface area contributed by atoms with Crippen molar-refractivity contribution in [3.8, 4) is 5.75 Å². The van der Waals surface area contributed by atoms with Gasteiger partial charge in [0.25, 0.3) is 0 Å². The Hall–Kier alpha value is -2.86. The van der Waals surface area contributed by atoms with Gasteiger partial charge in [0.2, 0.25) is 0 Å². The van der Waals surface area contributed by atoms with E-state index >= 15 is 0 Å². The summed E-state index contributed by atoms with van der Waals surface area (Å²) in [6.45, 7) is 8.24. The maximum absolute atomic E-state index is 5.80. The first-order chi connectivity index (χ1) is 13.9. The topological polar surface area (TPSA) is 53.2 Å². The van der Waals surface area contributed by atoms with Gasteiger partial charge in [0.15, 0.2) is 5.11 Å². The first kappa shape index (κ1) is 19.5. The van der Waals surface area contributed by atoms with Gasteiger partial charge >= 0.3 is 0 Å². The van der Waals surface area contributed by atoms with Crippen molar-refractivity contribution in [2.75, 3.05) is 4.90 Å². The quantitative estimate of drug-likeness (QED) is 0.585. The molecule has 0 saturated carbocycles. The van der Waals surface area contributed by atoms with E-state index < -0.39 is 0 Å². The Bertz CT molecular complexity index is 997. The Morgan fingerprint density at radius 2 is 1.86 bits per heavy atom. The monoisotopic (exact) mass is 406 g/mol. The molecule has 2 atom stereocenters. The largest absolute Gasteiger partial charge is 0.491 e. The first-order valence-electron chi connectivity index (χ1n) is 9.87. The minimum Gasteiger partial charge on any atom is -0.491 e. The Kier molecular flexibility index (Phi) is 5.28. The minimum atomic E-state index is -0.0378. The second-order valence-corrected chi connectivity index (χ2v) is 8.08. The van der Waals surface area contributed by atoms with Crippen molar-refractivity contribution in [3.05, 3.63) is 77.4 Å². The van der Waals surface area contributed by atoms with Crippen LogP contribution in [0.15, 0.2) is 54.7 Å². The number of rotatable bonds is 5. The fraction of sp³-hybridized carbons (Fsp3) is 0.304. The third-order valence-corrected chi connectivity index (χ3v) is 5.41. The molecule has 5 nitrogen and oxygen atoms in total. The van der Waals surface area contributed by atoms with Crippen molar-refractivity contribution < 1.29 is 4.74 Å². The number of aromatic amines is 1. The van der Waals surface area contributed by atoms with Crippen molar-refractivity contribution in [1.29, 1.82) is 0 Å². The lowest BCUT2D eigenvalue weighted by atomic mass is 9.96. The van der Waals surface area contributed by atoms with Gasteiger partial charge in [-0.1, -0.05) is 6.07 Å². The molecule has 0 radical (unpaired) electrons. The van der Waals surface area contributed by atoms with Crippen molar-refractivity contribution in [2.24, 2.45) is 0 Å². The molecule has 1 aromatic carbocycles. The van der Waals surface area contributed by atoms with Gasteiger partial charge in [-0.05, 0) is 87.9 Å². The van der Waals surface area contributed by atoms with Crippen molar-refractivity contribution >= 4 is 23.0 Å². The van der Waals surface area contributed by atoms with E-state index in [0.29, 0.717) is 5.11 Å². The maximum Gasteiger partial charge on any atom is 0.174 e. The van der Waals surface area contributed by atoms with Crippen molar-refractivity contribution in [1.82, 2.24) is 15.3 Å². The summed E-state index contributed by atoms with van der Waals surface area (Å²) in [6.07, 6.45) is 1.97. The van der Waals surface area contributed by atoms with Gasteiger partial charge in [-0.25, -0.2) is 0 Å².